The first kappa shape index (κ1) is 17.8. The third kappa shape index (κ3) is 3.95. The molecule has 3 heteroatoms. The van der Waals surface area contributed by atoms with Crippen molar-refractivity contribution in [2.75, 3.05) is 0 Å². The Hall–Kier alpha value is -1.32. The molecule has 4 aliphatic carbocycles. The summed E-state index contributed by atoms with van der Waals surface area (Å²) in [5, 5.41) is 3.98. The monoisotopic (exact) mass is 425 g/mol. The minimum Gasteiger partial charge on any atom is -0.489 e. The summed E-state index contributed by atoms with van der Waals surface area (Å²) in [4.78, 5) is 0. The molecule has 4 saturated carbocycles. The molecule has 0 aromatic heterocycles. The van der Waals surface area contributed by atoms with Crippen LogP contribution in [0.4, 0.5) is 0 Å². The second-order valence-corrected chi connectivity index (χ2v) is 10.0. The van der Waals surface area contributed by atoms with Gasteiger partial charge in [-0.15, -0.1) is 0 Å². The number of halogens is 1. The molecule has 1 N–H and O–H groups in total. The zero-order valence-corrected chi connectivity index (χ0v) is 17.4. The van der Waals surface area contributed by atoms with Gasteiger partial charge in [0.1, 0.15) is 12.4 Å². The van der Waals surface area contributed by atoms with Crippen molar-refractivity contribution in [2.24, 2.45) is 17.8 Å². The number of benzene rings is 2. The highest BCUT2D eigenvalue weighted by Gasteiger charge is 2.50. The number of hydrogen-bond acceptors (Lipinski definition) is 2. The first-order valence-electron chi connectivity index (χ1n) is 10.4. The van der Waals surface area contributed by atoms with Gasteiger partial charge in [0, 0.05) is 16.6 Å². The number of rotatable bonds is 6. The Kier molecular flexibility index (Phi) is 4.77. The van der Waals surface area contributed by atoms with Gasteiger partial charge < -0.3 is 10.1 Å². The summed E-state index contributed by atoms with van der Waals surface area (Å²) in [6.45, 7) is 1.59. The average molecular weight is 426 g/mol. The van der Waals surface area contributed by atoms with Gasteiger partial charge in [-0.2, -0.15) is 0 Å². The van der Waals surface area contributed by atoms with E-state index < -0.39 is 0 Å². The molecule has 0 radical (unpaired) electrons. The first-order chi connectivity index (χ1) is 13.2. The molecule has 0 amide bonds. The van der Waals surface area contributed by atoms with E-state index in [0.717, 1.165) is 34.5 Å². The van der Waals surface area contributed by atoms with Gasteiger partial charge in [-0.1, -0.05) is 40.2 Å². The van der Waals surface area contributed by atoms with Crippen molar-refractivity contribution < 1.29 is 4.74 Å². The highest BCUT2D eigenvalue weighted by atomic mass is 79.9. The van der Waals surface area contributed by atoms with E-state index in [2.05, 4.69) is 57.6 Å². The topological polar surface area (TPSA) is 21.3 Å². The van der Waals surface area contributed by atoms with Gasteiger partial charge in [-0.25, -0.2) is 0 Å². The van der Waals surface area contributed by atoms with E-state index in [1.54, 1.807) is 0 Å². The summed E-state index contributed by atoms with van der Waals surface area (Å²) in [6.07, 6.45) is 8.74. The fourth-order valence-corrected chi connectivity index (χ4v) is 6.56. The normalized spacial score (nSPS) is 31.2. The summed E-state index contributed by atoms with van der Waals surface area (Å²) >= 11 is 3.51. The molecule has 0 heterocycles. The standard InChI is InChI=1S/C24H28BrNO/c25-22-3-1-2-18(11-22)16-27-23-6-4-17(5-7-23)15-26-24-12-19-8-20(13-24)10-21(9-19)14-24/h1-7,11,19-21,26H,8-10,12-16H2. The van der Waals surface area contributed by atoms with Crippen LogP contribution in [0.1, 0.15) is 49.7 Å². The van der Waals surface area contributed by atoms with Crippen LogP contribution >= 0.6 is 15.9 Å². The van der Waals surface area contributed by atoms with Gasteiger partial charge in [-0.3, -0.25) is 0 Å². The molecule has 2 aromatic carbocycles. The van der Waals surface area contributed by atoms with Gasteiger partial charge in [-0.05, 0) is 91.7 Å². The van der Waals surface area contributed by atoms with Crippen molar-refractivity contribution in [2.45, 2.75) is 57.2 Å². The van der Waals surface area contributed by atoms with Crippen LogP contribution in [0.15, 0.2) is 53.0 Å². The summed E-state index contributed by atoms with van der Waals surface area (Å²) in [5.41, 5.74) is 2.97. The van der Waals surface area contributed by atoms with Crippen molar-refractivity contribution in [1.29, 1.82) is 0 Å². The molecule has 4 fully saturated rings. The third-order valence-electron chi connectivity index (χ3n) is 6.92. The van der Waals surface area contributed by atoms with Crippen molar-refractivity contribution in [3.63, 3.8) is 0 Å². The fourth-order valence-electron chi connectivity index (χ4n) is 6.11. The molecular weight excluding hydrogens is 398 g/mol. The quantitative estimate of drug-likeness (QED) is 0.604. The van der Waals surface area contributed by atoms with Crippen LogP contribution < -0.4 is 10.1 Å². The molecule has 0 atom stereocenters. The Balaban J connectivity index is 1.16. The second-order valence-electron chi connectivity index (χ2n) is 9.11. The molecule has 0 spiro atoms. The van der Waals surface area contributed by atoms with E-state index in [-0.39, 0.29) is 0 Å². The molecular formula is C24H28BrNO. The molecule has 6 rings (SSSR count). The highest BCUT2D eigenvalue weighted by molar-refractivity contribution is 9.10. The van der Waals surface area contributed by atoms with Crippen LogP contribution in [0.25, 0.3) is 0 Å². The van der Waals surface area contributed by atoms with Gasteiger partial charge in [0.25, 0.3) is 0 Å². The van der Waals surface area contributed by atoms with E-state index in [0.29, 0.717) is 12.1 Å². The van der Waals surface area contributed by atoms with Gasteiger partial charge >= 0.3 is 0 Å². The Bertz CT molecular complexity index is 765. The molecule has 0 saturated heterocycles. The molecule has 4 bridgehead atoms. The first-order valence-corrected chi connectivity index (χ1v) is 11.2. The maximum atomic E-state index is 5.94. The van der Waals surface area contributed by atoms with E-state index in [1.807, 2.05) is 12.1 Å². The van der Waals surface area contributed by atoms with Crippen LogP contribution in [-0.4, -0.2) is 5.54 Å². The summed E-state index contributed by atoms with van der Waals surface area (Å²) < 4.78 is 7.03. The molecule has 2 nitrogen and oxygen atoms in total. The van der Waals surface area contributed by atoms with Gasteiger partial charge in [0.05, 0.1) is 0 Å². The zero-order valence-electron chi connectivity index (χ0n) is 15.8. The predicted octanol–water partition coefficient (Wildman–Crippen LogP) is 6.09. The minimum absolute atomic E-state index is 0.435. The van der Waals surface area contributed by atoms with Crippen LogP contribution in [0.5, 0.6) is 5.75 Å². The van der Waals surface area contributed by atoms with Crippen LogP contribution in [0, 0.1) is 17.8 Å². The fraction of sp³-hybridized carbons (Fsp3) is 0.500. The zero-order chi connectivity index (χ0) is 18.3. The molecule has 2 aromatic rings. The Morgan fingerprint density at radius 3 is 2.19 bits per heavy atom. The van der Waals surface area contributed by atoms with Crippen LogP contribution in [0.3, 0.4) is 0 Å². The number of nitrogens with one attached hydrogen (secondary N) is 1. The summed E-state index contributed by atoms with van der Waals surface area (Å²) in [7, 11) is 0. The second kappa shape index (κ2) is 7.25. The Morgan fingerprint density at radius 1 is 0.889 bits per heavy atom. The lowest BCUT2D eigenvalue weighted by Gasteiger charge is -2.57. The molecule has 0 aliphatic heterocycles. The van der Waals surface area contributed by atoms with Gasteiger partial charge in [0.2, 0.25) is 0 Å². The van der Waals surface area contributed by atoms with Crippen molar-refractivity contribution in [1.82, 2.24) is 5.32 Å². The van der Waals surface area contributed by atoms with E-state index in [1.165, 1.54) is 49.7 Å². The SMILES string of the molecule is Brc1cccc(COc2ccc(CNC34CC5CC(CC(C5)C3)C4)cc2)c1. The number of ether oxygens (including phenoxy) is 1. The largest absolute Gasteiger partial charge is 0.489 e. The Morgan fingerprint density at radius 2 is 1.56 bits per heavy atom. The lowest BCUT2D eigenvalue weighted by molar-refractivity contribution is -0.0206. The maximum absolute atomic E-state index is 5.94. The highest BCUT2D eigenvalue weighted by Crippen LogP contribution is 2.55. The van der Waals surface area contributed by atoms with Crippen molar-refractivity contribution in [3.8, 4) is 5.75 Å². The molecule has 142 valence electrons. The van der Waals surface area contributed by atoms with Crippen LogP contribution in [-0.2, 0) is 13.2 Å². The lowest BCUT2D eigenvalue weighted by atomic mass is 9.53. The van der Waals surface area contributed by atoms with Crippen LogP contribution in [0.2, 0.25) is 0 Å². The van der Waals surface area contributed by atoms with E-state index in [4.69, 9.17) is 4.74 Å². The predicted molar refractivity (Wildman–Crippen MR) is 113 cm³/mol. The molecule has 4 aliphatic rings. The number of hydrogen-bond donors (Lipinski definition) is 1. The third-order valence-corrected chi connectivity index (χ3v) is 7.42. The smallest absolute Gasteiger partial charge is 0.119 e. The van der Waals surface area contributed by atoms with E-state index in [9.17, 15) is 0 Å². The van der Waals surface area contributed by atoms with Crippen molar-refractivity contribution in [3.05, 3.63) is 64.1 Å². The van der Waals surface area contributed by atoms with Crippen molar-refractivity contribution >= 4 is 15.9 Å². The Labute approximate surface area is 170 Å². The lowest BCUT2D eigenvalue weighted by Crippen LogP contribution is -2.58. The molecule has 27 heavy (non-hydrogen) atoms. The summed E-state index contributed by atoms with van der Waals surface area (Å²) in [6, 6.07) is 16.9. The molecule has 0 unspecified atom stereocenters. The van der Waals surface area contributed by atoms with E-state index >= 15 is 0 Å². The average Bonchev–Trinajstić information content (AvgIpc) is 2.65. The minimum atomic E-state index is 0.435. The summed E-state index contributed by atoms with van der Waals surface area (Å²) in [5.74, 6) is 3.93. The van der Waals surface area contributed by atoms with Gasteiger partial charge in [0.15, 0.2) is 0 Å². The maximum Gasteiger partial charge on any atom is 0.119 e.